The lowest BCUT2D eigenvalue weighted by molar-refractivity contribution is -0.148. The second kappa shape index (κ2) is 9.38. The number of hydrogen-bond donors (Lipinski definition) is 0. The molecule has 0 unspecified atom stereocenters. The lowest BCUT2D eigenvalue weighted by Gasteiger charge is -2.38. The van der Waals surface area contributed by atoms with E-state index in [2.05, 4.69) is 0 Å². The Morgan fingerprint density at radius 1 is 1.06 bits per heavy atom. The fourth-order valence-electron chi connectivity index (χ4n) is 4.98. The van der Waals surface area contributed by atoms with Crippen LogP contribution < -0.4 is 9.64 Å². The van der Waals surface area contributed by atoms with Gasteiger partial charge in [0.25, 0.3) is 0 Å². The van der Waals surface area contributed by atoms with Crippen LogP contribution in [0, 0.1) is 26.7 Å². The van der Waals surface area contributed by atoms with E-state index in [0.717, 1.165) is 5.56 Å². The van der Waals surface area contributed by atoms with Crippen LogP contribution in [0.3, 0.4) is 0 Å². The molecular weight excluding hydrogens is 456 g/mol. The van der Waals surface area contributed by atoms with Gasteiger partial charge in [-0.25, -0.2) is 13.2 Å². The number of piperidine rings is 1. The van der Waals surface area contributed by atoms with E-state index in [0.29, 0.717) is 46.8 Å². The zero-order valence-corrected chi connectivity index (χ0v) is 20.7. The highest BCUT2D eigenvalue weighted by atomic mass is 32.2. The number of nitrogens with zero attached hydrogens (tertiary/aromatic N) is 2. The molecule has 0 aromatic heterocycles. The summed E-state index contributed by atoms with van der Waals surface area (Å²) in [5.41, 5.74) is 2.98. The zero-order valence-electron chi connectivity index (χ0n) is 19.9. The van der Waals surface area contributed by atoms with Crippen molar-refractivity contribution in [2.45, 2.75) is 44.6 Å². The number of aryl methyl sites for hydroxylation is 3. The minimum atomic E-state index is -3.76. The number of para-hydroxylation sites is 2. The summed E-state index contributed by atoms with van der Waals surface area (Å²) < 4.78 is 39.2. The molecule has 2 aromatic rings. The van der Waals surface area contributed by atoms with Gasteiger partial charge in [-0.3, -0.25) is 4.79 Å². The average Bonchev–Trinajstić information content (AvgIpc) is 2.81. The molecule has 34 heavy (non-hydrogen) atoms. The molecule has 4 rings (SSSR count). The van der Waals surface area contributed by atoms with Crippen LogP contribution in [0.25, 0.3) is 0 Å². The Morgan fingerprint density at radius 2 is 1.74 bits per heavy atom. The van der Waals surface area contributed by atoms with Crippen molar-refractivity contribution in [3.8, 4) is 5.75 Å². The number of benzene rings is 2. The van der Waals surface area contributed by atoms with Crippen LogP contribution >= 0.6 is 0 Å². The number of rotatable bonds is 4. The highest BCUT2D eigenvalue weighted by Crippen LogP contribution is 2.36. The first-order valence-corrected chi connectivity index (χ1v) is 12.8. The van der Waals surface area contributed by atoms with Crippen LogP contribution in [0.15, 0.2) is 41.3 Å². The summed E-state index contributed by atoms with van der Waals surface area (Å²) in [5.74, 6) is -0.893. The fraction of sp³-hybridized carbons (Fsp3) is 0.440. The predicted molar refractivity (Wildman–Crippen MR) is 127 cm³/mol. The summed E-state index contributed by atoms with van der Waals surface area (Å²) in [6.07, 6.45) is 0.204. The Hall–Kier alpha value is -2.91. The number of amides is 1. The van der Waals surface area contributed by atoms with Crippen molar-refractivity contribution in [2.75, 3.05) is 31.6 Å². The van der Waals surface area contributed by atoms with Gasteiger partial charge in [-0.15, -0.1) is 0 Å². The minimum Gasteiger partial charge on any atom is -0.475 e. The Labute approximate surface area is 200 Å². The largest absolute Gasteiger partial charge is 0.475 e. The summed E-state index contributed by atoms with van der Waals surface area (Å²) in [7, 11) is -2.49. The van der Waals surface area contributed by atoms with Crippen molar-refractivity contribution >= 4 is 27.6 Å². The highest BCUT2D eigenvalue weighted by Gasteiger charge is 2.40. The first-order chi connectivity index (χ1) is 16.1. The summed E-state index contributed by atoms with van der Waals surface area (Å²) in [5, 5.41) is 0. The van der Waals surface area contributed by atoms with E-state index in [9.17, 15) is 18.0 Å². The van der Waals surface area contributed by atoms with E-state index < -0.39 is 28.0 Å². The van der Waals surface area contributed by atoms with Gasteiger partial charge < -0.3 is 14.4 Å². The molecule has 0 saturated carbocycles. The predicted octanol–water partition coefficient (Wildman–Crippen LogP) is 2.98. The summed E-state index contributed by atoms with van der Waals surface area (Å²) in [6, 6.07) is 10.8. The molecule has 2 aromatic carbocycles. The molecule has 2 heterocycles. The van der Waals surface area contributed by atoms with Gasteiger partial charge in [0.05, 0.1) is 30.2 Å². The monoisotopic (exact) mass is 486 g/mol. The number of sulfonamides is 1. The Kier molecular flexibility index (Phi) is 6.69. The van der Waals surface area contributed by atoms with E-state index in [1.807, 2.05) is 19.1 Å². The molecule has 0 N–H and O–H groups in total. The molecule has 8 nitrogen and oxygen atoms in total. The summed E-state index contributed by atoms with van der Waals surface area (Å²) >= 11 is 0. The van der Waals surface area contributed by atoms with Crippen molar-refractivity contribution in [1.29, 1.82) is 0 Å². The Morgan fingerprint density at radius 3 is 2.41 bits per heavy atom. The van der Waals surface area contributed by atoms with Crippen LogP contribution in [0.1, 0.15) is 29.5 Å². The molecule has 9 heteroatoms. The van der Waals surface area contributed by atoms with Gasteiger partial charge in [0, 0.05) is 13.1 Å². The molecule has 2 aliphatic rings. The highest BCUT2D eigenvalue weighted by molar-refractivity contribution is 7.89. The topological polar surface area (TPSA) is 93.2 Å². The van der Waals surface area contributed by atoms with Gasteiger partial charge in [-0.05, 0) is 56.9 Å². The lowest BCUT2D eigenvalue weighted by Crippen LogP contribution is -2.52. The number of esters is 1. The second-order valence-electron chi connectivity index (χ2n) is 8.98. The summed E-state index contributed by atoms with van der Waals surface area (Å²) in [6.45, 7) is 6.02. The molecule has 2 aliphatic heterocycles. The van der Waals surface area contributed by atoms with Crippen LogP contribution in [-0.2, 0) is 24.3 Å². The molecule has 1 amide bonds. The zero-order chi connectivity index (χ0) is 24.6. The molecular formula is C25H30N2O6S. The van der Waals surface area contributed by atoms with Crippen molar-refractivity contribution in [3.05, 3.63) is 53.1 Å². The molecule has 2 atom stereocenters. The molecule has 0 spiro atoms. The van der Waals surface area contributed by atoms with Gasteiger partial charge in [0.2, 0.25) is 22.0 Å². The number of anilines is 1. The molecule has 1 fully saturated rings. The third-order valence-electron chi connectivity index (χ3n) is 6.44. The third kappa shape index (κ3) is 4.42. The second-order valence-corrected chi connectivity index (χ2v) is 10.9. The van der Waals surface area contributed by atoms with Gasteiger partial charge in [-0.2, -0.15) is 4.31 Å². The van der Waals surface area contributed by atoms with Crippen molar-refractivity contribution in [1.82, 2.24) is 4.31 Å². The molecule has 1 saturated heterocycles. The van der Waals surface area contributed by atoms with E-state index >= 15 is 0 Å². The lowest BCUT2D eigenvalue weighted by atomic mass is 9.97. The van der Waals surface area contributed by atoms with Gasteiger partial charge in [0.15, 0.2) is 0 Å². The Balaban J connectivity index is 1.61. The maximum Gasteiger partial charge on any atom is 0.348 e. The molecule has 182 valence electrons. The Bertz CT molecular complexity index is 1200. The van der Waals surface area contributed by atoms with E-state index in [-0.39, 0.29) is 19.0 Å². The molecule has 0 bridgehead atoms. The minimum absolute atomic E-state index is 0.0158. The first kappa shape index (κ1) is 24.2. The van der Waals surface area contributed by atoms with E-state index in [4.69, 9.17) is 9.47 Å². The van der Waals surface area contributed by atoms with Gasteiger partial charge in [-0.1, -0.05) is 29.8 Å². The van der Waals surface area contributed by atoms with Crippen molar-refractivity contribution < 1.29 is 27.5 Å². The van der Waals surface area contributed by atoms with Gasteiger partial charge >= 0.3 is 5.97 Å². The number of fused-ring (bicyclic) bond motifs is 1. The van der Waals surface area contributed by atoms with Crippen LogP contribution in [-0.4, -0.2) is 57.4 Å². The smallest absolute Gasteiger partial charge is 0.348 e. The van der Waals surface area contributed by atoms with Gasteiger partial charge in [0.1, 0.15) is 5.75 Å². The standard InChI is InChI=1S/C25H30N2O6S/c1-16-12-17(2)23(18(3)13-16)34(30,31)26-11-7-8-19(14-26)24(28)27-15-22(25(29)32-4)33-21-10-6-5-9-20(21)27/h5-6,9-10,12-13,19,22H,7-8,11,14-15H2,1-4H3/t19-,22+/m1/s1. The maximum absolute atomic E-state index is 13.7. The van der Waals surface area contributed by atoms with Crippen molar-refractivity contribution in [3.63, 3.8) is 0 Å². The first-order valence-electron chi connectivity index (χ1n) is 11.4. The number of ether oxygens (including phenoxy) is 2. The third-order valence-corrected chi connectivity index (χ3v) is 8.61. The molecule has 0 radical (unpaired) electrons. The van der Waals surface area contributed by atoms with Crippen LogP contribution in [0.4, 0.5) is 5.69 Å². The van der Waals surface area contributed by atoms with Crippen LogP contribution in [0.5, 0.6) is 5.75 Å². The number of carbonyl (C=O) groups excluding carboxylic acids is 2. The maximum atomic E-state index is 13.7. The van der Waals surface area contributed by atoms with E-state index in [1.54, 1.807) is 38.1 Å². The number of carbonyl (C=O) groups is 2. The quantitative estimate of drug-likeness (QED) is 0.617. The number of hydrogen-bond acceptors (Lipinski definition) is 6. The van der Waals surface area contributed by atoms with Crippen molar-refractivity contribution in [2.24, 2.45) is 5.92 Å². The van der Waals surface area contributed by atoms with Crippen LogP contribution in [0.2, 0.25) is 0 Å². The average molecular weight is 487 g/mol. The number of methoxy groups -OCH3 is 1. The fourth-order valence-corrected chi connectivity index (χ4v) is 6.92. The normalized spacial score (nSPS) is 20.9. The molecule has 0 aliphatic carbocycles. The summed E-state index contributed by atoms with van der Waals surface area (Å²) in [4.78, 5) is 27.7. The van der Waals surface area contributed by atoms with E-state index in [1.165, 1.54) is 16.3 Å². The SMILES string of the molecule is COC(=O)[C@@H]1CN(C(=O)[C@@H]2CCCN(S(=O)(=O)c3c(C)cc(C)cc3C)C2)c2ccccc2O1.